The van der Waals surface area contributed by atoms with Gasteiger partial charge < -0.3 is 16.0 Å². The molecule has 4 heteroatoms. The van der Waals surface area contributed by atoms with Crippen LogP contribution in [0.3, 0.4) is 0 Å². The molecule has 0 saturated carbocycles. The molecular weight excluding hydrogens is 200 g/mol. The Hall–Kier alpha value is -1.97. The van der Waals surface area contributed by atoms with Crippen LogP contribution in [0.1, 0.15) is 17.0 Å². The number of nitrogens with zero attached hydrogens (tertiary/aromatic N) is 1. The molecule has 4 nitrogen and oxygen atoms in total. The molecule has 0 fully saturated rings. The van der Waals surface area contributed by atoms with E-state index >= 15 is 0 Å². The number of rotatable bonds is 2. The summed E-state index contributed by atoms with van der Waals surface area (Å²) in [6.07, 6.45) is 0. The zero-order valence-corrected chi connectivity index (χ0v) is 9.76. The van der Waals surface area contributed by atoms with Crippen molar-refractivity contribution >= 4 is 17.3 Å². The summed E-state index contributed by atoms with van der Waals surface area (Å²) >= 11 is 0. The Labute approximate surface area is 94.9 Å². The number of aryl methyl sites for hydroxylation is 3. The lowest BCUT2D eigenvalue weighted by molar-refractivity contribution is 1.15. The van der Waals surface area contributed by atoms with E-state index in [-0.39, 0.29) is 0 Å². The van der Waals surface area contributed by atoms with Gasteiger partial charge in [0.2, 0.25) is 0 Å². The highest BCUT2D eigenvalue weighted by atomic mass is 15.1. The normalized spacial score (nSPS) is 10.4. The second kappa shape index (κ2) is 3.89. The van der Waals surface area contributed by atoms with Crippen molar-refractivity contribution in [3.05, 3.63) is 35.2 Å². The monoisotopic (exact) mass is 216 g/mol. The molecule has 84 valence electrons. The highest BCUT2D eigenvalue weighted by Gasteiger charge is 2.05. The van der Waals surface area contributed by atoms with Crippen LogP contribution in [-0.2, 0) is 0 Å². The van der Waals surface area contributed by atoms with Crippen molar-refractivity contribution in [2.24, 2.45) is 0 Å². The first-order chi connectivity index (χ1) is 7.54. The fourth-order valence-corrected chi connectivity index (χ4v) is 1.79. The van der Waals surface area contributed by atoms with Crippen LogP contribution in [0, 0.1) is 20.8 Å². The molecule has 0 atom stereocenters. The van der Waals surface area contributed by atoms with E-state index in [1.165, 1.54) is 11.1 Å². The molecular formula is C12H16N4. The van der Waals surface area contributed by atoms with E-state index in [0.717, 1.165) is 11.5 Å². The maximum atomic E-state index is 5.78. The summed E-state index contributed by atoms with van der Waals surface area (Å²) in [4.78, 5) is 7.23. The van der Waals surface area contributed by atoms with Crippen molar-refractivity contribution in [1.29, 1.82) is 0 Å². The summed E-state index contributed by atoms with van der Waals surface area (Å²) in [5.41, 5.74) is 9.23. The fraction of sp³-hybridized carbons (Fsp3) is 0.250. The SMILES string of the molecule is Cc1cc(C)cc(Nc2nc(C)[nH]c2N)c1. The fourth-order valence-electron chi connectivity index (χ4n) is 1.79. The molecule has 0 unspecified atom stereocenters. The molecule has 0 aliphatic heterocycles. The summed E-state index contributed by atoms with van der Waals surface area (Å²) in [6.45, 7) is 6.01. The van der Waals surface area contributed by atoms with Gasteiger partial charge in [0.15, 0.2) is 5.82 Å². The van der Waals surface area contributed by atoms with Crippen LogP contribution in [0.25, 0.3) is 0 Å². The number of benzene rings is 1. The van der Waals surface area contributed by atoms with Crippen molar-refractivity contribution in [2.75, 3.05) is 11.1 Å². The average molecular weight is 216 g/mol. The van der Waals surface area contributed by atoms with Crippen LogP contribution in [0.5, 0.6) is 0 Å². The quantitative estimate of drug-likeness (QED) is 0.723. The van der Waals surface area contributed by atoms with Crippen molar-refractivity contribution in [3.63, 3.8) is 0 Å². The van der Waals surface area contributed by atoms with E-state index in [0.29, 0.717) is 11.6 Å². The van der Waals surface area contributed by atoms with Crippen molar-refractivity contribution in [2.45, 2.75) is 20.8 Å². The lowest BCUT2D eigenvalue weighted by atomic mass is 10.1. The van der Waals surface area contributed by atoms with Gasteiger partial charge >= 0.3 is 0 Å². The van der Waals surface area contributed by atoms with Crippen LogP contribution in [0.15, 0.2) is 18.2 Å². The number of H-pyrrole nitrogens is 1. The molecule has 0 aliphatic rings. The number of anilines is 3. The third-order valence-electron chi connectivity index (χ3n) is 2.33. The maximum Gasteiger partial charge on any atom is 0.173 e. The molecule has 0 spiro atoms. The Kier molecular flexibility index (Phi) is 2.56. The van der Waals surface area contributed by atoms with Gasteiger partial charge in [-0.25, -0.2) is 4.98 Å². The molecule has 2 rings (SSSR count). The first-order valence-corrected chi connectivity index (χ1v) is 5.22. The summed E-state index contributed by atoms with van der Waals surface area (Å²) in [5, 5.41) is 3.21. The molecule has 16 heavy (non-hydrogen) atoms. The Bertz CT molecular complexity index is 493. The number of aromatic amines is 1. The lowest BCUT2D eigenvalue weighted by Crippen LogP contribution is -1.96. The second-order valence-corrected chi connectivity index (χ2v) is 4.09. The maximum absolute atomic E-state index is 5.78. The van der Waals surface area contributed by atoms with E-state index in [1.54, 1.807) is 0 Å². The van der Waals surface area contributed by atoms with E-state index in [9.17, 15) is 0 Å². The van der Waals surface area contributed by atoms with Gasteiger partial charge in [0.25, 0.3) is 0 Å². The molecule has 0 bridgehead atoms. The van der Waals surface area contributed by atoms with Gasteiger partial charge in [-0.2, -0.15) is 0 Å². The zero-order chi connectivity index (χ0) is 11.7. The van der Waals surface area contributed by atoms with Crippen molar-refractivity contribution in [1.82, 2.24) is 9.97 Å². The number of nitrogens with one attached hydrogen (secondary N) is 2. The molecule has 4 N–H and O–H groups in total. The van der Waals surface area contributed by atoms with Gasteiger partial charge in [0.05, 0.1) is 0 Å². The highest BCUT2D eigenvalue weighted by Crippen LogP contribution is 2.22. The van der Waals surface area contributed by atoms with Gasteiger partial charge in [-0.1, -0.05) is 6.07 Å². The van der Waals surface area contributed by atoms with Crippen molar-refractivity contribution in [3.8, 4) is 0 Å². The number of nitrogens with two attached hydrogens (primary N) is 1. The molecule has 2 aromatic rings. The standard InChI is InChI=1S/C12H16N4/c1-7-4-8(2)6-10(5-7)16-12-11(13)14-9(3)15-12/h4-6,16H,13H2,1-3H3,(H,14,15). The molecule has 1 aromatic heterocycles. The number of nitrogen functional groups attached to an aromatic ring is 1. The topological polar surface area (TPSA) is 66.7 Å². The second-order valence-electron chi connectivity index (χ2n) is 4.09. The van der Waals surface area contributed by atoms with Crippen LogP contribution in [0.4, 0.5) is 17.3 Å². The molecule has 0 amide bonds. The summed E-state index contributed by atoms with van der Waals surface area (Å²) < 4.78 is 0. The number of hydrogen-bond donors (Lipinski definition) is 3. The van der Waals surface area contributed by atoms with Gasteiger partial charge in [-0.15, -0.1) is 0 Å². The third-order valence-corrected chi connectivity index (χ3v) is 2.33. The zero-order valence-electron chi connectivity index (χ0n) is 9.76. The average Bonchev–Trinajstić information content (AvgIpc) is 2.43. The van der Waals surface area contributed by atoms with Crippen LogP contribution < -0.4 is 11.1 Å². The smallest absolute Gasteiger partial charge is 0.173 e. The van der Waals surface area contributed by atoms with Crippen LogP contribution in [-0.4, -0.2) is 9.97 Å². The molecule has 1 aromatic carbocycles. The van der Waals surface area contributed by atoms with Gasteiger partial charge in [-0.3, -0.25) is 0 Å². The van der Waals surface area contributed by atoms with E-state index < -0.39 is 0 Å². The van der Waals surface area contributed by atoms with Gasteiger partial charge in [0, 0.05) is 5.69 Å². The largest absolute Gasteiger partial charge is 0.382 e. The Morgan fingerprint density at radius 1 is 1.12 bits per heavy atom. The Balaban J connectivity index is 2.30. The predicted octanol–water partition coefficient (Wildman–Crippen LogP) is 2.66. The minimum absolute atomic E-state index is 0.566. The van der Waals surface area contributed by atoms with Crippen LogP contribution in [0.2, 0.25) is 0 Å². The minimum Gasteiger partial charge on any atom is -0.382 e. The summed E-state index contributed by atoms with van der Waals surface area (Å²) in [5.74, 6) is 2.06. The summed E-state index contributed by atoms with van der Waals surface area (Å²) in [6, 6.07) is 6.26. The number of imidazole rings is 1. The van der Waals surface area contributed by atoms with Gasteiger partial charge in [-0.05, 0) is 44.0 Å². The Morgan fingerprint density at radius 3 is 2.25 bits per heavy atom. The van der Waals surface area contributed by atoms with E-state index in [1.807, 2.05) is 6.92 Å². The molecule has 0 aliphatic carbocycles. The van der Waals surface area contributed by atoms with Crippen LogP contribution >= 0.6 is 0 Å². The molecule has 0 radical (unpaired) electrons. The number of aromatic nitrogens is 2. The minimum atomic E-state index is 0.566. The predicted molar refractivity (Wildman–Crippen MR) is 66.9 cm³/mol. The third kappa shape index (κ3) is 2.16. The first kappa shape index (κ1) is 10.5. The molecule has 1 heterocycles. The lowest BCUT2D eigenvalue weighted by Gasteiger charge is -2.06. The number of hydrogen-bond acceptors (Lipinski definition) is 3. The highest BCUT2D eigenvalue weighted by molar-refractivity contribution is 5.67. The van der Waals surface area contributed by atoms with Crippen molar-refractivity contribution < 1.29 is 0 Å². The Morgan fingerprint density at radius 2 is 1.75 bits per heavy atom. The summed E-state index contributed by atoms with van der Waals surface area (Å²) in [7, 11) is 0. The molecule has 0 saturated heterocycles. The van der Waals surface area contributed by atoms with E-state index in [4.69, 9.17) is 5.73 Å². The van der Waals surface area contributed by atoms with E-state index in [2.05, 4.69) is 47.3 Å². The van der Waals surface area contributed by atoms with Gasteiger partial charge in [0.1, 0.15) is 11.6 Å². The first-order valence-electron chi connectivity index (χ1n) is 5.22.